The van der Waals surface area contributed by atoms with Crippen LogP contribution in [0.1, 0.15) is 29.0 Å². The van der Waals surface area contributed by atoms with Crippen LogP contribution in [-0.2, 0) is 13.0 Å². The molecule has 0 spiro atoms. The van der Waals surface area contributed by atoms with Crippen molar-refractivity contribution < 1.29 is 13.2 Å². The normalized spacial score (nSPS) is 16.9. The molecule has 5 N–H and O–H groups in total. The van der Waals surface area contributed by atoms with Gasteiger partial charge in [-0.1, -0.05) is 24.3 Å². The van der Waals surface area contributed by atoms with Crippen molar-refractivity contribution in [2.24, 2.45) is 11.6 Å². The first kappa shape index (κ1) is 20.0. The molecule has 1 aliphatic carbocycles. The van der Waals surface area contributed by atoms with Gasteiger partial charge in [0.2, 0.25) is 0 Å². The molecule has 0 saturated carbocycles. The van der Waals surface area contributed by atoms with Gasteiger partial charge in [-0.15, -0.1) is 0 Å². The maximum absolute atomic E-state index is 13.1. The molecule has 0 radical (unpaired) electrons. The zero-order valence-electron chi connectivity index (χ0n) is 16.0. The number of nitrogens with one attached hydrogen (secondary N) is 1. The molecule has 30 heavy (non-hydrogen) atoms. The lowest BCUT2D eigenvalue weighted by Gasteiger charge is -2.14. The number of halogens is 3. The van der Waals surface area contributed by atoms with Gasteiger partial charge in [-0.25, -0.2) is 4.98 Å². The first-order valence-corrected chi connectivity index (χ1v) is 9.46. The summed E-state index contributed by atoms with van der Waals surface area (Å²) >= 11 is 0. The minimum absolute atomic E-state index is 0.157. The highest BCUT2D eigenvalue weighted by Gasteiger charge is 2.36. The summed E-state index contributed by atoms with van der Waals surface area (Å²) in [5.74, 6) is 5.43. The Morgan fingerprint density at radius 2 is 1.97 bits per heavy atom. The highest BCUT2D eigenvalue weighted by atomic mass is 19.4. The lowest BCUT2D eigenvalue weighted by atomic mass is 10.0. The Labute approximate surface area is 171 Å². The maximum atomic E-state index is 13.1. The number of imidazole rings is 1. The van der Waals surface area contributed by atoms with Crippen LogP contribution >= 0.6 is 0 Å². The number of aryl methyl sites for hydroxylation is 1. The fourth-order valence-electron chi connectivity index (χ4n) is 3.88. The standard InChI is InChI=1S/C21H21F3N6/c22-21(23,24)20(29-26)19(25)14-7-8-27-17(9-14)18-11-30(12-28-18)10-15-6-5-13-3-1-2-4-16(13)15/h1-4,7-9,11-12,15,29H,5-6,10,25-26H2/b20-19-. The Bertz CT molecular complexity index is 1090. The zero-order chi connectivity index (χ0) is 21.3. The van der Waals surface area contributed by atoms with Crippen LogP contribution in [0.5, 0.6) is 0 Å². The SMILES string of the molecule is NN/C(=C(\N)c1ccnc(-c2cn(CC3CCc4ccccc43)cn2)c1)C(F)(F)F. The predicted octanol–water partition coefficient (Wildman–Crippen LogP) is 3.33. The second-order valence-corrected chi connectivity index (χ2v) is 7.25. The molecule has 4 rings (SSSR count). The summed E-state index contributed by atoms with van der Waals surface area (Å²) in [6, 6.07) is 11.3. The lowest BCUT2D eigenvalue weighted by Crippen LogP contribution is -2.34. The molecule has 1 atom stereocenters. The number of benzene rings is 1. The number of hydrogen-bond acceptors (Lipinski definition) is 5. The number of alkyl halides is 3. The van der Waals surface area contributed by atoms with Gasteiger partial charge in [0.1, 0.15) is 5.69 Å². The summed E-state index contributed by atoms with van der Waals surface area (Å²) < 4.78 is 41.2. The second kappa shape index (κ2) is 7.83. The minimum atomic E-state index is -4.69. The molecular weight excluding hydrogens is 393 g/mol. The van der Waals surface area contributed by atoms with Crippen molar-refractivity contribution in [2.45, 2.75) is 31.5 Å². The predicted molar refractivity (Wildman–Crippen MR) is 107 cm³/mol. The molecule has 2 aromatic heterocycles. The van der Waals surface area contributed by atoms with Gasteiger partial charge in [0.05, 0.1) is 17.7 Å². The third-order valence-electron chi connectivity index (χ3n) is 5.35. The quantitative estimate of drug-likeness (QED) is 0.440. The summed E-state index contributed by atoms with van der Waals surface area (Å²) in [6.45, 7) is 0.779. The number of hydrogen-bond donors (Lipinski definition) is 3. The van der Waals surface area contributed by atoms with E-state index in [1.54, 1.807) is 11.8 Å². The van der Waals surface area contributed by atoms with Crippen LogP contribution in [0, 0.1) is 0 Å². The van der Waals surface area contributed by atoms with Gasteiger partial charge >= 0.3 is 6.18 Å². The summed E-state index contributed by atoms with van der Waals surface area (Å²) in [5, 5.41) is 0. The van der Waals surface area contributed by atoms with Crippen LogP contribution in [0.2, 0.25) is 0 Å². The van der Waals surface area contributed by atoms with Gasteiger partial charge in [-0.2, -0.15) is 13.2 Å². The Morgan fingerprint density at radius 3 is 2.73 bits per heavy atom. The molecule has 0 bridgehead atoms. The molecule has 0 aliphatic heterocycles. The first-order valence-electron chi connectivity index (χ1n) is 9.46. The van der Waals surface area contributed by atoms with E-state index in [-0.39, 0.29) is 5.56 Å². The van der Waals surface area contributed by atoms with E-state index in [9.17, 15) is 13.2 Å². The molecule has 0 fully saturated rings. The molecule has 156 valence electrons. The number of allylic oxidation sites excluding steroid dienone is 1. The zero-order valence-corrected chi connectivity index (χ0v) is 16.0. The van der Waals surface area contributed by atoms with Gasteiger partial charge in [0.15, 0.2) is 5.70 Å². The van der Waals surface area contributed by atoms with Crippen molar-refractivity contribution in [1.29, 1.82) is 0 Å². The molecule has 0 amide bonds. The summed E-state index contributed by atoms with van der Waals surface area (Å²) in [7, 11) is 0. The molecule has 1 unspecified atom stereocenters. The van der Waals surface area contributed by atoms with E-state index in [0.29, 0.717) is 17.3 Å². The van der Waals surface area contributed by atoms with Crippen molar-refractivity contribution in [3.63, 3.8) is 0 Å². The van der Waals surface area contributed by atoms with E-state index >= 15 is 0 Å². The van der Waals surface area contributed by atoms with Gasteiger partial charge in [-0.3, -0.25) is 10.8 Å². The summed E-state index contributed by atoms with van der Waals surface area (Å²) in [4.78, 5) is 8.61. The van der Waals surface area contributed by atoms with Gasteiger partial charge in [0, 0.05) is 30.4 Å². The first-order chi connectivity index (χ1) is 14.4. The van der Waals surface area contributed by atoms with Crippen LogP contribution in [0.4, 0.5) is 13.2 Å². The number of hydrazine groups is 1. The number of nitrogens with zero attached hydrogens (tertiary/aromatic N) is 3. The number of rotatable bonds is 5. The largest absolute Gasteiger partial charge is 0.434 e. The summed E-state index contributed by atoms with van der Waals surface area (Å²) in [6.07, 6.45) is 2.41. The number of pyridine rings is 1. The van der Waals surface area contributed by atoms with E-state index in [2.05, 4.69) is 34.2 Å². The van der Waals surface area contributed by atoms with Gasteiger partial charge in [0.25, 0.3) is 0 Å². The fourth-order valence-corrected chi connectivity index (χ4v) is 3.88. The van der Waals surface area contributed by atoms with E-state index in [1.165, 1.54) is 29.5 Å². The Morgan fingerprint density at radius 1 is 1.17 bits per heavy atom. The lowest BCUT2D eigenvalue weighted by molar-refractivity contribution is -0.0961. The van der Waals surface area contributed by atoms with Crippen LogP contribution in [0.15, 0.2) is 60.8 Å². The molecule has 1 aromatic carbocycles. The summed E-state index contributed by atoms with van der Waals surface area (Å²) in [5.41, 5.74) is 9.53. The molecule has 9 heteroatoms. The van der Waals surface area contributed by atoms with Crippen LogP contribution in [0.25, 0.3) is 17.1 Å². The van der Waals surface area contributed by atoms with Gasteiger partial charge in [-0.05, 0) is 36.1 Å². The van der Waals surface area contributed by atoms with Crippen molar-refractivity contribution in [1.82, 2.24) is 20.0 Å². The molecule has 2 heterocycles. The van der Waals surface area contributed by atoms with E-state index in [4.69, 9.17) is 11.6 Å². The highest BCUT2D eigenvalue weighted by molar-refractivity contribution is 5.69. The Hall–Kier alpha value is -3.33. The maximum Gasteiger partial charge on any atom is 0.434 e. The van der Waals surface area contributed by atoms with Crippen LogP contribution in [0.3, 0.4) is 0 Å². The fraction of sp³-hybridized carbons (Fsp3) is 0.238. The second-order valence-electron chi connectivity index (χ2n) is 7.25. The molecule has 6 nitrogen and oxygen atoms in total. The van der Waals surface area contributed by atoms with Crippen molar-refractivity contribution in [2.75, 3.05) is 0 Å². The molecule has 0 saturated heterocycles. The minimum Gasteiger partial charge on any atom is -0.397 e. The van der Waals surface area contributed by atoms with Crippen molar-refractivity contribution in [3.05, 3.63) is 77.5 Å². The van der Waals surface area contributed by atoms with Crippen LogP contribution < -0.4 is 17.0 Å². The molecular formula is C21H21F3N6. The third kappa shape index (κ3) is 3.88. The third-order valence-corrected chi connectivity index (χ3v) is 5.35. The number of nitrogens with two attached hydrogens (primary N) is 2. The number of aromatic nitrogens is 3. The van der Waals surface area contributed by atoms with E-state index < -0.39 is 17.6 Å². The molecule has 1 aliphatic rings. The Kier molecular flexibility index (Phi) is 5.21. The average molecular weight is 414 g/mol. The Balaban J connectivity index is 1.58. The van der Waals surface area contributed by atoms with Crippen molar-refractivity contribution in [3.8, 4) is 11.4 Å². The molecule has 3 aromatic rings. The van der Waals surface area contributed by atoms with Crippen molar-refractivity contribution >= 4 is 5.70 Å². The van der Waals surface area contributed by atoms with Gasteiger partial charge < -0.3 is 15.7 Å². The monoisotopic (exact) mass is 414 g/mol. The van der Waals surface area contributed by atoms with E-state index in [1.807, 2.05) is 10.8 Å². The number of fused-ring (bicyclic) bond motifs is 1. The highest BCUT2D eigenvalue weighted by Crippen LogP contribution is 2.34. The van der Waals surface area contributed by atoms with E-state index in [0.717, 1.165) is 19.4 Å². The topological polar surface area (TPSA) is 94.8 Å². The van der Waals surface area contributed by atoms with Crippen LogP contribution in [-0.4, -0.2) is 20.7 Å². The smallest absolute Gasteiger partial charge is 0.397 e. The average Bonchev–Trinajstić information content (AvgIpc) is 3.35.